The monoisotopic (exact) mass is 271 g/mol. The second kappa shape index (κ2) is 5.94. The van der Waals surface area contributed by atoms with E-state index in [2.05, 4.69) is 0 Å². The lowest BCUT2D eigenvalue weighted by Gasteiger charge is -2.15. The first-order valence-corrected chi connectivity index (χ1v) is 6.96. The van der Waals surface area contributed by atoms with E-state index in [4.69, 9.17) is 11.5 Å². The van der Waals surface area contributed by atoms with Crippen LogP contribution in [0.1, 0.15) is 11.1 Å². The third-order valence-electron chi connectivity index (χ3n) is 2.43. The smallest absolute Gasteiger partial charge is 0.232 e. The van der Waals surface area contributed by atoms with E-state index >= 15 is 0 Å². The molecule has 6 nitrogen and oxygen atoms in total. The molecule has 1 rings (SSSR count). The Labute approximate surface area is 107 Å². The number of nitrogens with two attached hydrogens (primary N) is 2. The average Bonchev–Trinajstić information content (AvgIpc) is 2.27. The van der Waals surface area contributed by atoms with Crippen LogP contribution in [-0.4, -0.2) is 32.2 Å². The molecule has 18 heavy (non-hydrogen) atoms. The quantitative estimate of drug-likeness (QED) is 0.720. The fourth-order valence-electron chi connectivity index (χ4n) is 1.49. The topological polar surface area (TPSA) is 106 Å². The third kappa shape index (κ3) is 4.10. The Kier molecular flexibility index (Phi) is 4.83. The number of benzene rings is 1. The van der Waals surface area contributed by atoms with Gasteiger partial charge in [-0.1, -0.05) is 24.3 Å². The van der Waals surface area contributed by atoms with E-state index in [-0.39, 0.29) is 12.3 Å². The summed E-state index contributed by atoms with van der Waals surface area (Å²) in [4.78, 5) is 10.7. The molecular formula is C11H17N3O3S. The fourth-order valence-corrected chi connectivity index (χ4v) is 2.63. The maximum Gasteiger partial charge on any atom is 0.232 e. The molecule has 1 amide bonds. The number of carbonyl (C=O) groups is 1. The van der Waals surface area contributed by atoms with E-state index in [9.17, 15) is 13.2 Å². The molecule has 0 aliphatic carbocycles. The Morgan fingerprint density at radius 1 is 1.33 bits per heavy atom. The predicted molar refractivity (Wildman–Crippen MR) is 68.8 cm³/mol. The first-order valence-electron chi connectivity index (χ1n) is 5.35. The Bertz CT molecular complexity index is 528. The highest BCUT2D eigenvalue weighted by Crippen LogP contribution is 2.11. The summed E-state index contributed by atoms with van der Waals surface area (Å²) in [6, 6.07) is 7.01. The van der Waals surface area contributed by atoms with E-state index in [0.29, 0.717) is 12.1 Å². The van der Waals surface area contributed by atoms with E-state index in [0.717, 1.165) is 9.87 Å². The largest absolute Gasteiger partial charge is 0.369 e. The van der Waals surface area contributed by atoms with Crippen LogP contribution >= 0.6 is 0 Å². The van der Waals surface area contributed by atoms with Gasteiger partial charge in [0.05, 0.1) is 12.3 Å². The number of primary amides is 1. The van der Waals surface area contributed by atoms with Crippen molar-refractivity contribution in [3.05, 3.63) is 35.4 Å². The van der Waals surface area contributed by atoms with Crippen molar-refractivity contribution < 1.29 is 13.2 Å². The van der Waals surface area contributed by atoms with Crippen LogP contribution in [0.3, 0.4) is 0 Å². The van der Waals surface area contributed by atoms with Gasteiger partial charge in [-0.2, -0.15) is 4.31 Å². The Morgan fingerprint density at radius 2 is 1.94 bits per heavy atom. The van der Waals surface area contributed by atoms with Gasteiger partial charge >= 0.3 is 0 Å². The van der Waals surface area contributed by atoms with Crippen LogP contribution in [0.5, 0.6) is 0 Å². The second-order valence-corrected chi connectivity index (χ2v) is 6.08. The van der Waals surface area contributed by atoms with Gasteiger partial charge in [0.2, 0.25) is 15.9 Å². The Balaban J connectivity index is 2.84. The molecule has 0 atom stereocenters. The van der Waals surface area contributed by atoms with E-state index in [1.807, 2.05) is 6.07 Å². The minimum Gasteiger partial charge on any atom is -0.369 e. The van der Waals surface area contributed by atoms with Crippen molar-refractivity contribution >= 4 is 15.9 Å². The normalized spacial score (nSPS) is 11.7. The molecule has 0 aromatic heterocycles. The number of amides is 1. The zero-order valence-corrected chi connectivity index (χ0v) is 11.0. The van der Waals surface area contributed by atoms with Gasteiger partial charge in [-0.3, -0.25) is 4.79 Å². The molecule has 0 aliphatic rings. The molecule has 0 fully saturated rings. The van der Waals surface area contributed by atoms with E-state index in [1.165, 1.54) is 7.05 Å². The summed E-state index contributed by atoms with van der Waals surface area (Å²) >= 11 is 0. The van der Waals surface area contributed by atoms with Crippen LogP contribution in [0, 0.1) is 0 Å². The van der Waals surface area contributed by atoms with Crippen molar-refractivity contribution in [1.29, 1.82) is 0 Å². The SMILES string of the molecule is CN(CC(N)=O)S(=O)(=O)Cc1cccc(CN)c1. The van der Waals surface area contributed by atoms with Gasteiger partial charge in [-0.15, -0.1) is 0 Å². The zero-order chi connectivity index (χ0) is 13.8. The number of hydrogen-bond donors (Lipinski definition) is 2. The molecule has 0 aliphatic heterocycles. The van der Waals surface area contributed by atoms with Crippen LogP contribution in [0.15, 0.2) is 24.3 Å². The standard InChI is InChI=1S/C11H17N3O3S/c1-14(7-11(13)15)18(16,17)8-10-4-2-3-9(5-10)6-12/h2-5H,6-8,12H2,1H3,(H2,13,15). The van der Waals surface area contributed by atoms with Crippen molar-refractivity contribution in [2.75, 3.05) is 13.6 Å². The van der Waals surface area contributed by atoms with E-state index in [1.54, 1.807) is 18.2 Å². The minimum atomic E-state index is -3.54. The molecule has 0 bridgehead atoms. The summed E-state index contributed by atoms with van der Waals surface area (Å²) in [6.07, 6.45) is 0. The molecule has 7 heteroatoms. The van der Waals surface area contributed by atoms with Gasteiger partial charge in [-0.25, -0.2) is 8.42 Å². The van der Waals surface area contributed by atoms with Gasteiger partial charge in [0, 0.05) is 13.6 Å². The molecule has 1 aromatic rings. The van der Waals surface area contributed by atoms with Crippen LogP contribution in [-0.2, 0) is 27.1 Å². The van der Waals surface area contributed by atoms with Gasteiger partial charge in [0.1, 0.15) is 0 Å². The summed E-state index contributed by atoms with van der Waals surface area (Å²) in [6.45, 7) is 0.0317. The molecule has 4 N–H and O–H groups in total. The highest BCUT2D eigenvalue weighted by molar-refractivity contribution is 7.88. The number of hydrogen-bond acceptors (Lipinski definition) is 4. The molecule has 100 valence electrons. The lowest BCUT2D eigenvalue weighted by atomic mass is 10.1. The number of likely N-dealkylation sites (N-methyl/N-ethyl adjacent to an activating group) is 1. The van der Waals surface area contributed by atoms with Crippen LogP contribution in [0.4, 0.5) is 0 Å². The highest BCUT2D eigenvalue weighted by atomic mass is 32.2. The Hall–Kier alpha value is -1.44. The summed E-state index contributed by atoms with van der Waals surface area (Å²) < 4.78 is 24.8. The van der Waals surface area contributed by atoms with Crippen molar-refractivity contribution in [2.45, 2.75) is 12.3 Å². The van der Waals surface area contributed by atoms with Crippen molar-refractivity contribution in [2.24, 2.45) is 11.5 Å². The molecular weight excluding hydrogens is 254 g/mol. The maximum atomic E-state index is 11.9. The summed E-state index contributed by atoms with van der Waals surface area (Å²) in [5, 5.41) is 0. The lowest BCUT2D eigenvalue weighted by Crippen LogP contribution is -2.36. The van der Waals surface area contributed by atoms with Gasteiger partial charge in [-0.05, 0) is 11.1 Å². The molecule has 0 radical (unpaired) electrons. The second-order valence-electron chi connectivity index (χ2n) is 4.00. The predicted octanol–water partition coefficient (Wildman–Crippen LogP) is -0.608. The number of sulfonamides is 1. The number of rotatable bonds is 6. The van der Waals surface area contributed by atoms with Crippen LogP contribution in [0.2, 0.25) is 0 Å². The van der Waals surface area contributed by atoms with E-state index < -0.39 is 15.9 Å². The van der Waals surface area contributed by atoms with Crippen molar-refractivity contribution in [1.82, 2.24) is 4.31 Å². The maximum absolute atomic E-state index is 11.9. The number of carbonyl (C=O) groups excluding carboxylic acids is 1. The molecule has 1 aromatic carbocycles. The van der Waals surface area contributed by atoms with Gasteiger partial charge in [0.15, 0.2) is 0 Å². The molecule has 0 saturated carbocycles. The molecule has 0 saturated heterocycles. The van der Waals surface area contributed by atoms with Gasteiger partial charge < -0.3 is 11.5 Å². The summed E-state index contributed by atoms with van der Waals surface area (Å²) in [5.41, 5.74) is 11.9. The zero-order valence-electron chi connectivity index (χ0n) is 10.2. The lowest BCUT2D eigenvalue weighted by molar-refractivity contribution is -0.118. The molecule has 0 spiro atoms. The summed E-state index contributed by atoms with van der Waals surface area (Å²) in [7, 11) is -2.22. The molecule has 0 unspecified atom stereocenters. The van der Waals surface area contributed by atoms with Crippen LogP contribution in [0.25, 0.3) is 0 Å². The Morgan fingerprint density at radius 3 is 2.50 bits per heavy atom. The summed E-state index contributed by atoms with van der Waals surface area (Å²) in [5.74, 6) is -0.860. The van der Waals surface area contributed by atoms with Crippen molar-refractivity contribution in [3.63, 3.8) is 0 Å². The molecule has 0 heterocycles. The minimum absolute atomic E-state index is 0.176. The fraction of sp³-hybridized carbons (Fsp3) is 0.364. The third-order valence-corrected chi connectivity index (χ3v) is 4.21. The van der Waals surface area contributed by atoms with Gasteiger partial charge in [0.25, 0.3) is 0 Å². The first kappa shape index (κ1) is 14.6. The first-order chi connectivity index (χ1) is 8.35. The van der Waals surface area contributed by atoms with Crippen LogP contribution < -0.4 is 11.5 Å². The number of nitrogens with zero attached hydrogens (tertiary/aromatic N) is 1. The van der Waals surface area contributed by atoms with Crippen molar-refractivity contribution in [3.8, 4) is 0 Å². The average molecular weight is 271 g/mol. The highest BCUT2D eigenvalue weighted by Gasteiger charge is 2.20.